The molecule has 26 heavy (non-hydrogen) atoms. The maximum absolute atomic E-state index is 13.0. The number of carbonyl (C=O) groups is 2. The van der Waals surface area contributed by atoms with Gasteiger partial charge in [0.15, 0.2) is 0 Å². The van der Waals surface area contributed by atoms with Crippen LogP contribution in [-0.2, 0) is 9.53 Å². The van der Waals surface area contributed by atoms with Crippen LogP contribution in [0.15, 0.2) is 24.3 Å². The second kappa shape index (κ2) is 8.62. The molecule has 2 saturated heterocycles. The Morgan fingerprint density at radius 2 is 1.77 bits per heavy atom. The normalized spacial score (nSPS) is 23.8. The average molecular weight is 362 g/mol. The van der Waals surface area contributed by atoms with Gasteiger partial charge in [0.05, 0.1) is 12.2 Å². The average Bonchev–Trinajstić information content (AvgIpc) is 2.91. The number of rotatable bonds is 4. The summed E-state index contributed by atoms with van der Waals surface area (Å²) < 4.78 is 18.8. The molecule has 6 heteroatoms. The Labute approximate surface area is 154 Å². The number of benzene rings is 1. The smallest absolute Gasteiger partial charge is 0.253 e. The van der Waals surface area contributed by atoms with Gasteiger partial charge >= 0.3 is 0 Å². The van der Waals surface area contributed by atoms with E-state index >= 15 is 0 Å². The summed E-state index contributed by atoms with van der Waals surface area (Å²) in [7, 11) is 0. The van der Waals surface area contributed by atoms with E-state index in [-0.39, 0.29) is 23.7 Å². The van der Waals surface area contributed by atoms with Crippen molar-refractivity contribution in [1.82, 2.24) is 9.80 Å². The van der Waals surface area contributed by atoms with Gasteiger partial charge in [-0.2, -0.15) is 0 Å². The number of amides is 2. The second-order valence-corrected chi connectivity index (χ2v) is 7.22. The summed E-state index contributed by atoms with van der Waals surface area (Å²) in [6, 6.07) is 5.61. The van der Waals surface area contributed by atoms with Crippen molar-refractivity contribution in [3.63, 3.8) is 0 Å². The zero-order valence-corrected chi connectivity index (χ0v) is 15.3. The summed E-state index contributed by atoms with van der Waals surface area (Å²) in [6.45, 7) is 4.42. The summed E-state index contributed by atoms with van der Waals surface area (Å²) in [5.74, 6) is -0.313. The lowest BCUT2D eigenvalue weighted by Crippen LogP contribution is -2.37. The molecule has 2 heterocycles. The van der Waals surface area contributed by atoms with Crippen molar-refractivity contribution in [2.45, 2.75) is 51.2 Å². The van der Waals surface area contributed by atoms with Gasteiger partial charge < -0.3 is 14.5 Å². The highest BCUT2D eigenvalue weighted by atomic mass is 19.1. The van der Waals surface area contributed by atoms with Gasteiger partial charge in [-0.15, -0.1) is 0 Å². The minimum absolute atomic E-state index is 0.104. The monoisotopic (exact) mass is 362 g/mol. The van der Waals surface area contributed by atoms with Gasteiger partial charge in [0.1, 0.15) is 5.82 Å². The highest BCUT2D eigenvalue weighted by Crippen LogP contribution is 2.23. The molecule has 0 aliphatic carbocycles. The van der Waals surface area contributed by atoms with E-state index in [2.05, 4.69) is 6.92 Å². The number of nitrogens with zero attached hydrogens (tertiary/aromatic N) is 2. The van der Waals surface area contributed by atoms with Crippen LogP contribution in [0.2, 0.25) is 0 Å². The van der Waals surface area contributed by atoms with E-state index in [4.69, 9.17) is 4.74 Å². The molecule has 1 aromatic rings. The molecule has 2 aliphatic rings. The van der Waals surface area contributed by atoms with Gasteiger partial charge in [-0.3, -0.25) is 9.59 Å². The third kappa shape index (κ3) is 4.81. The summed E-state index contributed by atoms with van der Waals surface area (Å²) in [4.78, 5) is 28.7. The van der Waals surface area contributed by atoms with Gasteiger partial charge in [-0.05, 0) is 56.9 Å². The van der Waals surface area contributed by atoms with Crippen LogP contribution in [0.3, 0.4) is 0 Å². The fourth-order valence-corrected chi connectivity index (χ4v) is 3.69. The van der Waals surface area contributed by atoms with E-state index in [1.165, 1.54) is 24.3 Å². The molecule has 0 aromatic heterocycles. The first-order valence-corrected chi connectivity index (χ1v) is 9.51. The Kier molecular flexibility index (Phi) is 6.25. The van der Waals surface area contributed by atoms with Crippen LogP contribution in [0.25, 0.3) is 0 Å². The predicted octanol–water partition coefficient (Wildman–Crippen LogP) is 2.85. The van der Waals surface area contributed by atoms with Crippen molar-refractivity contribution in [1.29, 1.82) is 0 Å². The van der Waals surface area contributed by atoms with E-state index in [0.717, 1.165) is 25.7 Å². The summed E-state index contributed by atoms with van der Waals surface area (Å²) in [6.07, 6.45) is 4.66. The highest BCUT2D eigenvalue weighted by molar-refractivity contribution is 5.94. The summed E-state index contributed by atoms with van der Waals surface area (Å²) >= 11 is 0. The molecule has 2 amide bonds. The van der Waals surface area contributed by atoms with E-state index < -0.39 is 0 Å². The first kappa shape index (κ1) is 18.8. The standard InChI is InChI=1S/C20H27FN2O3/c1-15-3-8-18(26-15)9-10-19(24)22-11-2-12-23(14-13-22)20(25)16-4-6-17(21)7-5-16/h4-7,15,18H,2-3,8-14H2,1H3. The second-order valence-electron chi connectivity index (χ2n) is 7.22. The Hall–Kier alpha value is -1.95. The van der Waals surface area contributed by atoms with Crippen LogP contribution in [0, 0.1) is 5.82 Å². The quantitative estimate of drug-likeness (QED) is 0.828. The number of hydrogen-bond donors (Lipinski definition) is 0. The molecule has 0 spiro atoms. The molecule has 0 radical (unpaired) electrons. The number of halogens is 1. The van der Waals surface area contributed by atoms with Crippen molar-refractivity contribution in [3.05, 3.63) is 35.6 Å². The SMILES string of the molecule is CC1CCC(CCC(=O)N2CCCN(C(=O)c3ccc(F)cc3)CC2)O1. The first-order valence-electron chi connectivity index (χ1n) is 9.51. The Morgan fingerprint density at radius 3 is 2.46 bits per heavy atom. The lowest BCUT2D eigenvalue weighted by Gasteiger charge is -2.23. The fourth-order valence-electron chi connectivity index (χ4n) is 3.69. The molecule has 1 aromatic carbocycles. The molecule has 142 valence electrons. The predicted molar refractivity (Wildman–Crippen MR) is 96.3 cm³/mol. The maximum Gasteiger partial charge on any atom is 0.253 e. The van der Waals surface area contributed by atoms with Crippen LogP contribution in [0.5, 0.6) is 0 Å². The molecule has 3 rings (SSSR count). The topological polar surface area (TPSA) is 49.9 Å². The third-order valence-corrected chi connectivity index (χ3v) is 5.23. The van der Waals surface area contributed by atoms with Gasteiger partial charge in [-0.1, -0.05) is 0 Å². The van der Waals surface area contributed by atoms with Crippen LogP contribution >= 0.6 is 0 Å². The number of carbonyl (C=O) groups excluding carboxylic acids is 2. The highest BCUT2D eigenvalue weighted by Gasteiger charge is 2.25. The first-order chi connectivity index (χ1) is 12.5. The maximum atomic E-state index is 13.0. The molecular weight excluding hydrogens is 335 g/mol. The summed E-state index contributed by atoms with van der Waals surface area (Å²) in [5, 5.41) is 0. The zero-order chi connectivity index (χ0) is 18.5. The number of hydrogen-bond acceptors (Lipinski definition) is 3. The molecule has 0 saturated carbocycles. The van der Waals surface area contributed by atoms with Crippen LogP contribution < -0.4 is 0 Å². The van der Waals surface area contributed by atoms with Crippen molar-refractivity contribution < 1.29 is 18.7 Å². The van der Waals surface area contributed by atoms with Gasteiger partial charge in [0.25, 0.3) is 5.91 Å². The lowest BCUT2D eigenvalue weighted by atomic mass is 10.1. The minimum Gasteiger partial charge on any atom is -0.375 e. The van der Waals surface area contributed by atoms with Gasteiger partial charge in [-0.25, -0.2) is 4.39 Å². The Bertz CT molecular complexity index is 634. The van der Waals surface area contributed by atoms with Gasteiger partial charge in [0.2, 0.25) is 5.91 Å². The van der Waals surface area contributed by atoms with E-state index in [0.29, 0.717) is 44.3 Å². The number of ether oxygens (including phenoxy) is 1. The molecule has 2 aliphatic heterocycles. The fraction of sp³-hybridized carbons (Fsp3) is 0.600. The van der Waals surface area contributed by atoms with Crippen LogP contribution in [0.4, 0.5) is 4.39 Å². The molecule has 0 bridgehead atoms. The molecule has 0 N–H and O–H groups in total. The van der Waals surface area contributed by atoms with Crippen molar-refractivity contribution in [3.8, 4) is 0 Å². The van der Waals surface area contributed by atoms with Crippen LogP contribution in [-0.4, -0.2) is 60.0 Å². The molecular formula is C20H27FN2O3. The van der Waals surface area contributed by atoms with E-state index in [9.17, 15) is 14.0 Å². The lowest BCUT2D eigenvalue weighted by molar-refractivity contribution is -0.131. The zero-order valence-electron chi connectivity index (χ0n) is 15.3. The van der Waals surface area contributed by atoms with E-state index in [1.54, 1.807) is 4.90 Å². The summed E-state index contributed by atoms with van der Waals surface area (Å²) in [5.41, 5.74) is 0.485. The third-order valence-electron chi connectivity index (χ3n) is 5.23. The van der Waals surface area contributed by atoms with Crippen molar-refractivity contribution >= 4 is 11.8 Å². The van der Waals surface area contributed by atoms with Crippen LogP contribution in [0.1, 0.15) is 49.4 Å². The molecule has 2 fully saturated rings. The Balaban J connectivity index is 1.48. The van der Waals surface area contributed by atoms with Crippen molar-refractivity contribution in [2.24, 2.45) is 0 Å². The molecule has 2 atom stereocenters. The molecule has 2 unspecified atom stereocenters. The molecule has 5 nitrogen and oxygen atoms in total. The largest absolute Gasteiger partial charge is 0.375 e. The van der Waals surface area contributed by atoms with Crippen molar-refractivity contribution in [2.75, 3.05) is 26.2 Å². The minimum atomic E-state index is -0.352. The Morgan fingerprint density at radius 1 is 1.08 bits per heavy atom. The van der Waals surface area contributed by atoms with Gasteiger partial charge in [0, 0.05) is 38.2 Å². The van der Waals surface area contributed by atoms with E-state index in [1.807, 2.05) is 4.90 Å².